The first-order valence-corrected chi connectivity index (χ1v) is 11.8. The van der Waals surface area contributed by atoms with Crippen LogP contribution < -0.4 is 9.80 Å². The van der Waals surface area contributed by atoms with Crippen molar-refractivity contribution in [3.8, 4) is 17.9 Å². The number of aromatic nitrogens is 3. The fraction of sp³-hybridized carbons (Fsp3) is 0.269. The molecule has 0 radical (unpaired) electrons. The third kappa shape index (κ3) is 5.84. The van der Waals surface area contributed by atoms with E-state index in [4.69, 9.17) is 11.6 Å². The molecular formula is C26H19ClF4N6O. The van der Waals surface area contributed by atoms with E-state index < -0.39 is 35.1 Å². The van der Waals surface area contributed by atoms with Gasteiger partial charge in [0.1, 0.15) is 35.0 Å². The molecule has 1 atom stereocenters. The molecule has 0 bridgehead atoms. The second kappa shape index (κ2) is 11.0. The zero-order valence-electron chi connectivity index (χ0n) is 19.9. The highest BCUT2D eigenvalue weighted by atomic mass is 35.5. The molecule has 1 aliphatic rings. The molecule has 4 rings (SSSR count). The molecule has 1 saturated heterocycles. The molecule has 2 aromatic heterocycles. The van der Waals surface area contributed by atoms with Gasteiger partial charge in [-0.2, -0.15) is 18.4 Å². The number of alkyl halides is 3. The van der Waals surface area contributed by atoms with Crippen molar-refractivity contribution in [1.29, 1.82) is 5.26 Å². The monoisotopic (exact) mass is 542 g/mol. The van der Waals surface area contributed by atoms with Crippen LogP contribution in [0.1, 0.15) is 35.4 Å². The van der Waals surface area contributed by atoms with Gasteiger partial charge in [0.25, 0.3) is 5.91 Å². The molecule has 38 heavy (non-hydrogen) atoms. The van der Waals surface area contributed by atoms with Crippen LogP contribution in [-0.4, -0.2) is 40.2 Å². The summed E-state index contributed by atoms with van der Waals surface area (Å²) < 4.78 is 54.7. The van der Waals surface area contributed by atoms with Gasteiger partial charge in [-0.05, 0) is 68.2 Å². The lowest BCUT2D eigenvalue weighted by Crippen LogP contribution is -2.47. The van der Waals surface area contributed by atoms with Crippen molar-refractivity contribution in [2.45, 2.75) is 32.0 Å². The quantitative estimate of drug-likeness (QED) is 0.344. The summed E-state index contributed by atoms with van der Waals surface area (Å²) in [5.74, 6) is 4.43. The van der Waals surface area contributed by atoms with Crippen LogP contribution in [0.3, 0.4) is 0 Å². The number of hydrogen-bond acceptors (Lipinski definition) is 6. The van der Waals surface area contributed by atoms with E-state index in [1.54, 1.807) is 12.1 Å². The van der Waals surface area contributed by atoms with E-state index in [2.05, 4.69) is 27.0 Å². The first kappa shape index (κ1) is 26.8. The highest BCUT2D eigenvalue weighted by Crippen LogP contribution is 2.38. The number of hydrogen-bond donors (Lipinski definition) is 0. The Kier molecular flexibility index (Phi) is 7.79. The van der Waals surface area contributed by atoms with Gasteiger partial charge in [0, 0.05) is 17.9 Å². The van der Waals surface area contributed by atoms with Crippen LogP contribution >= 0.6 is 11.6 Å². The standard InChI is InChI=1S/C26H19ClF4N6O/c1-16-14-21(26(29,30)31)20(15-32)24(33-16)37-13-3-5-22(37)25(38)36(19-9-6-17(28)7-10-19)12-2-4-18-8-11-23(27)35-34-18/h6-11,14,22H,3,5,12-13H2,1H3/t22-/m0/s1. The summed E-state index contributed by atoms with van der Waals surface area (Å²) in [7, 11) is 0. The minimum atomic E-state index is -4.77. The largest absolute Gasteiger partial charge is 0.417 e. The topological polar surface area (TPSA) is 86.0 Å². The van der Waals surface area contributed by atoms with Crippen LogP contribution in [0, 0.1) is 35.9 Å². The molecule has 7 nitrogen and oxygen atoms in total. The number of halogens is 5. The Labute approximate surface area is 220 Å². The molecule has 0 N–H and O–H groups in total. The Morgan fingerprint density at radius 1 is 1.21 bits per heavy atom. The number of aryl methyl sites for hydroxylation is 1. The molecule has 3 aromatic rings. The summed E-state index contributed by atoms with van der Waals surface area (Å²) >= 11 is 5.74. The summed E-state index contributed by atoms with van der Waals surface area (Å²) in [4.78, 5) is 20.8. The van der Waals surface area contributed by atoms with E-state index >= 15 is 0 Å². The maximum absolute atomic E-state index is 13.8. The Balaban J connectivity index is 1.70. The van der Waals surface area contributed by atoms with Gasteiger partial charge < -0.3 is 4.90 Å². The molecule has 0 unspecified atom stereocenters. The van der Waals surface area contributed by atoms with Crippen LogP contribution in [-0.2, 0) is 11.0 Å². The minimum Gasteiger partial charge on any atom is -0.343 e. The molecule has 0 saturated carbocycles. The fourth-order valence-corrected chi connectivity index (χ4v) is 4.27. The summed E-state index contributed by atoms with van der Waals surface area (Å²) in [6.45, 7) is 1.49. The van der Waals surface area contributed by atoms with Crippen molar-refractivity contribution in [3.05, 3.63) is 75.9 Å². The lowest BCUT2D eigenvalue weighted by atomic mass is 10.1. The van der Waals surface area contributed by atoms with Crippen molar-refractivity contribution in [3.63, 3.8) is 0 Å². The van der Waals surface area contributed by atoms with Gasteiger partial charge in [0.05, 0.1) is 12.1 Å². The third-order valence-corrected chi connectivity index (χ3v) is 6.05. The van der Waals surface area contributed by atoms with Crippen LogP contribution in [0.15, 0.2) is 42.5 Å². The Morgan fingerprint density at radius 2 is 1.95 bits per heavy atom. The van der Waals surface area contributed by atoms with E-state index in [0.717, 1.165) is 6.07 Å². The summed E-state index contributed by atoms with van der Waals surface area (Å²) in [6.07, 6.45) is -3.97. The lowest BCUT2D eigenvalue weighted by Gasteiger charge is -2.31. The van der Waals surface area contributed by atoms with E-state index in [-0.39, 0.29) is 29.8 Å². The first-order chi connectivity index (χ1) is 18.1. The van der Waals surface area contributed by atoms with Gasteiger partial charge in [0.15, 0.2) is 5.15 Å². The lowest BCUT2D eigenvalue weighted by molar-refractivity contribution is -0.137. The number of pyridine rings is 1. The molecule has 1 fully saturated rings. The highest BCUT2D eigenvalue weighted by molar-refractivity contribution is 6.29. The Bertz CT molecular complexity index is 1440. The first-order valence-electron chi connectivity index (χ1n) is 11.4. The van der Waals surface area contributed by atoms with Crippen molar-refractivity contribution in [2.75, 3.05) is 22.9 Å². The van der Waals surface area contributed by atoms with Crippen molar-refractivity contribution in [1.82, 2.24) is 15.2 Å². The van der Waals surface area contributed by atoms with Crippen molar-refractivity contribution < 1.29 is 22.4 Å². The average Bonchev–Trinajstić information content (AvgIpc) is 3.37. The second-order valence-corrected chi connectivity index (χ2v) is 8.80. The van der Waals surface area contributed by atoms with E-state index in [9.17, 15) is 27.6 Å². The van der Waals surface area contributed by atoms with Gasteiger partial charge in [0.2, 0.25) is 0 Å². The average molecular weight is 543 g/mol. The highest BCUT2D eigenvalue weighted by Gasteiger charge is 2.40. The summed E-state index contributed by atoms with van der Waals surface area (Å²) in [5, 5.41) is 17.3. The Hall–Kier alpha value is -4.22. The van der Waals surface area contributed by atoms with Gasteiger partial charge in [-0.3, -0.25) is 9.69 Å². The molecule has 1 aliphatic heterocycles. The van der Waals surface area contributed by atoms with Gasteiger partial charge >= 0.3 is 6.18 Å². The molecule has 12 heteroatoms. The van der Waals surface area contributed by atoms with Crippen LogP contribution in [0.25, 0.3) is 0 Å². The number of carbonyl (C=O) groups excluding carboxylic acids is 1. The normalized spacial score (nSPS) is 15.0. The number of carbonyl (C=O) groups is 1. The zero-order valence-corrected chi connectivity index (χ0v) is 20.7. The van der Waals surface area contributed by atoms with Crippen LogP contribution in [0.2, 0.25) is 5.15 Å². The van der Waals surface area contributed by atoms with Gasteiger partial charge in [-0.15, -0.1) is 10.2 Å². The van der Waals surface area contributed by atoms with Crippen molar-refractivity contribution >= 4 is 29.0 Å². The second-order valence-electron chi connectivity index (χ2n) is 8.41. The number of amides is 1. The zero-order chi connectivity index (χ0) is 27.4. The fourth-order valence-electron chi connectivity index (χ4n) is 4.16. The molecular weight excluding hydrogens is 524 g/mol. The molecule has 3 heterocycles. The minimum absolute atomic E-state index is 0.0646. The van der Waals surface area contributed by atoms with Gasteiger partial charge in [-0.1, -0.05) is 17.5 Å². The molecule has 0 aliphatic carbocycles. The van der Waals surface area contributed by atoms with E-state index in [1.807, 2.05) is 0 Å². The maximum atomic E-state index is 13.8. The molecule has 194 valence electrons. The number of benzene rings is 1. The SMILES string of the molecule is Cc1cc(C(F)(F)F)c(C#N)c(N2CCC[C@H]2C(=O)N(CC#Cc2ccc(Cl)nn2)c2ccc(F)cc2)n1. The maximum Gasteiger partial charge on any atom is 0.417 e. The van der Waals surface area contributed by atoms with Crippen LogP contribution in [0.5, 0.6) is 0 Å². The molecule has 1 amide bonds. The van der Waals surface area contributed by atoms with Crippen molar-refractivity contribution in [2.24, 2.45) is 0 Å². The smallest absolute Gasteiger partial charge is 0.343 e. The molecule has 0 spiro atoms. The summed E-state index contributed by atoms with van der Waals surface area (Å²) in [6, 6.07) is 9.77. The predicted molar refractivity (Wildman–Crippen MR) is 132 cm³/mol. The van der Waals surface area contributed by atoms with Crippen LogP contribution in [0.4, 0.5) is 29.1 Å². The number of nitriles is 1. The number of rotatable bonds is 4. The number of nitrogens with zero attached hydrogens (tertiary/aromatic N) is 6. The number of anilines is 2. The molecule has 1 aromatic carbocycles. The van der Waals surface area contributed by atoms with E-state index in [0.29, 0.717) is 24.2 Å². The third-order valence-electron chi connectivity index (χ3n) is 5.85. The summed E-state index contributed by atoms with van der Waals surface area (Å²) in [5.41, 5.74) is -1.03. The Morgan fingerprint density at radius 3 is 2.58 bits per heavy atom. The van der Waals surface area contributed by atoms with E-state index in [1.165, 1.54) is 47.1 Å². The predicted octanol–water partition coefficient (Wildman–Crippen LogP) is 4.92. The van der Waals surface area contributed by atoms with Gasteiger partial charge in [-0.25, -0.2) is 9.37 Å².